The molecule has 0 aliphatic carbocycles. The van der Waals surface area contributed by atoms with Crippen molar-refractivity contribution in [2.45, 2.75) is 25.6 Å². The summed E-state index contributed by atoms with van der Waals surface area (Å²) in [4.78, 5) is 0. The Morgan fingerprint density at radius 2 is 1.93 bits per heavy atom. The molecule has 1 atom stereocenters. The molecule has 0 saturated carbocycles. The molecule has 1 nitrogen and oxygen atoms in total. The second-order valence-corrected chi connectivity index (χ2v) is 3.25. The van der Waals surface area contributed by atoms with Gasteiger partial charge in [-0.3, -0.25) is 0 Å². The smallest absolute Gasteiger partial charge is 0.324 e. The molecule has 0 bridgehead atoms. The number of benzene rings is 1. The topological polar surface area (TPSA) is 26.0 Å². The highest BCUT2D eigenvalue weighted by molar-refractivity contribution is 5.29. The maximum Gasteiger partial charge on any atom is 0.419 e. The van der Waals surface area contributed by atoms with Crippen LogP contribution in [0.3, 0.4) is 0 Å². The minimum Gasteiger partial charge on any atom is -0.324 e. The molecule has 0 amide bonds. The Labute approximate surface area is 84.9 Å². The van der Waals surface area contributed by atoms with Gasteiger partial charge in [-0.05, 0) is 24.1 Å². The summed E-state index contributed by atoms with van der Waals surface area (Å²) in [6.45, 7) is 1.75. The lowest BCUT2D eigenvalue weighted by atomic mass is 10.0. The van der Waals surface area contributed by atoms with Crippen LogP contribution in [0.2, 0.25) is 0 Å². The minimum absolute atomic E-state index is 0.297. The predicted octanol–water partition coefficient (Wildman–Crippen LogP) is 3.25. The van der Waals surface area contributed by atoms with E-state index >= 15 is 0 Å². The van der Waals surface area contributed by atoms with Gasteiger partial charge < -0.3 is 5.73 Å². The van der Waals surface area contributed by atoms with Crippen LogP contribution in [0.5, 0.6) is 0 Å². The number of halogens is 4. The molecule has 0 aliphatic heterocycles. The molecule has 1 rings (SSSR count). The van der Waals surface area contributed by atoms with Crippen molar-refractivity contribution in [1.82, 2.24) is 0 Å². The molecule has 15 heavy (non-hydrogen) atoms. The van der Waals surface area contributed by atoms with Gasteiger partial charge in [0.2, 0.25) is 0 Å². The first-order valence-corrected chi connectivity index (χ1v) is 4.48. The summed E-state index contributed by atoms with van der Waals surface area (Å²) in [5.74, 6) is -1.27. The van der Waals surface area contributed by atoms with E-state index in [4.69, 9.17) is 5.73 Å². The summed E-state index contributed by atoms with van der Waals surface area (Å²) < 4.78 is 49.8. The van der Waals surface area contributed by atoms with Gasteiger partial charge in [-0.2, -0.15) is 13.2 Å². The van der Waals surface area contributed by atoms with Crippen LogP contribution in [0.1, 0.15) is 30.5 Å². The number of rotatable bonds is 2. The first-order valence-electron chi connectivity index (χ1n) is 4.48. The van der Waals surface area contributed by atoms with Crippen LogP contribution >= 0.6 is 0 Å². The summed E-state index contributed by atoms with van der Waals surface area (Å²) in [6, 6.07) is 2.35. The Morgan fingerprint density at radius 3 is 2.40 bits per heavy atom. The van der Waals surface area contributed by atoms with Crippen molar-refractivity contribution in [2.24, 2.45) is 5.73 Å². The molecule has 5 heteroatoms. The lowest BCUT2D eigenvalue weighted by molar-refractivity contribution is -0.140. The van der Waals surface area contributed by atoms with Gasteiger partial charge in [-0.15, -0.1) is 0 Å². The van der Waals surface area contributed by atoms with E-state index in [2.05, 4.69) is 0 Å². The molecule has 1 aromatic carbocycles. The Kier molecular flexibility index (Phi) is 3.34. The van der Waals surface area contributed by atoms with Crippen LogP contribution in [-0.4, -0.2) is 0 Å². The van der Waals surface area contributed by atoms with E-state index in [0.29, 0.717) is 12.0 Å². The fraction of sp³-hybridized carbons (Fsp3) is 0.400. The Hall–Kier alpha value is -1.10. The van der Waals surface area contributed by atoms with Crippen molar-refractivity contribution < 1.29 is 17.6 Å². The molecule has 0 saturated heterocycles. The fourth-order valence-electron chi connectivity index (χ4n) is 1.23. The number of nitrogens with two attached hydrogens (primary N) is 1. The van der Waals surface area contributed by atoms with Gasteiger partial charge in [0.25, 0.3) is 0 Å². The zero-order valence-corrected chi connectivity index (χ0v) is 8.11. The molecule has 0 radical (unpaired) electrons. The van der Waals surface area contributed by atoms with Crippen LogP contribution in [0, 0.1) is 5.82 Å². The van der Waals surface area contributed by atoms with Crippen LogP contribution in [-0.2, 0) is 6.18 Å². The van der Waals surface area contributed by atoms with Crippen molar-refractivity contribution >= 4 is 0 Å². The summed E-state index contributed by atoms with van der Waals surface area (Å²) in [5, 5.41) is 0. The molecule has 0 aromatic heterocycles. The first-order chi connectivity index (χ1) is 6.86. The summed E-state index contributed by atoms with van der Waals surface area (Å²) in [7, 11) is 0. The lowest BCUT2D eigenvalue weighted by Gasteiger charge is -2.13. The summed E-state index contributed by atoms with van der Waals surface area (Å²) in [5.41, 5.74) is 4.60. The molecule has 84 valence electrons. The standard InChI is InChI=1S/C10H11F4N/c1-2-9(15)6-3-4-8(11)7(5-6)10(12,13)14/h3-5,9H,2,15H2,1H3/t9-/m0/s1. The third kappa shape index (κ3) is 2.68. The van der Waals surface area contributed by atoms with Crippen LogP contribution < -0.4 is 5.73 Å². The Balaban J connectivity index is 3.17. The average Bonchev–Trinajstić information content (AvgIpc) is 2.15. The molecular weight excluding hydrogens is 210 g/mol. The van der Waals surface area contributed by atoms with E-state index < -0.39 is 23.6 Å². The molecule has 2 N–H and O–H groups in total. The highest BCUT2D eigenvalue weighted by atomic mass is 19.4. The van der Waals surface area contributed by atoms with Gasteiger partial charge in [0.15, 0.2) is 0 Å². The highest BCUT2D eigenvalue weighted by Gasteiger charge is 2.34. The predicted molar refractivity (Wildman–Crippen MR) is 48.6 cm³/mol. The molecular formula is C10H11F4N. The van der Waals surface area contributed by atoms with Gasteiger partial charge >= 0.3 is 6.18 Å². The highest BCUT2D eigenvalue weighted by Crippen LogP contribution is 2.32. The van der Waals surface area contributed by atoms with E-state index in [0.717, 1.165) is 12.1 Å². The largest absolute Gasteiger partial charge is 0.419 e. The minimum atomic E-state index is -4.67. The van der Waals surface area contributed by atoms with Crippen molar-refractivity contribution in [3.8, 4) is 0 Å². The molecule has 0 unspecified atom stereocenters. The zero-order valence-electron chi connectivity index (χ0n) is 8.11. The molecule has 0 fully saturated rings. The van der Waals surface area contributed by atoms with E-state index in [1.807, 2.05) is 0 Å². The average molecular weight is 221 g/mol. The maximum atomic E-state index is 12.9. The SMILES string of the molecule is CC[C@H](N)c1ccc(F)c(C(F)(F)F)c1. The third-order valence-electron chi connectivity index (χ3n) is 2.16. The Morgan fingerprint density at radius 1 is 1.33 bits per heavy atom. The van der Waals surface area contributed by atoms with E-state index in [1.165, 1.54) is 6.07 Å². The quantitative estimate of drug-likeness (QED) is 0.762. The van der Waals surface area contributed by atoms with E-state index in [-0.39, 0.29) is 0 Å². The summed E-state index contributed by atoms with van der Waals surface area (Å²) >= 11 is 0. The van der Waals surface area contributed by atoms with Crippen molar-refractivity contribution in [3.63, 3.8) is 0 Å². The number of alkyl halides is 3. The van der Waals surface area contributed by atoms with E-state index in [1.54, 1.807) is 6.92 Å². The molecule has 0 heterocycles. The van der Waals surface area contributed by atoms with Gasteiger partial charge in [-0.1, -0.05) is 13.0 Å². The molecule has 0 spiro atoms. The zero-order chi connectivity index (χ0) is 11.6. The van der Waals surface area contributed by atoms with Crippen LogP contribution in [0.25, 0.3) is 0 Å². The van der Waals surface area contributed by atoms with Gasteiger partial charge in [0.05, 0.1) is 5.56 Å². The van der Waals surface area contributed by atoms with Gasteiger partial charge in [0, 0.05) is 6.04 Å². The lowest BCUT2D eigenvalue weighted by Crippen LogP contribution is -2.13. The van der Waals surface area contributed by atoms with Crippen molar-refractivity contribution in [2.75, 3.05) is 0 Å². The maximum absolute atomic E-state index is 12.9. The fourth-order valence-corrected chi connectivity index (χ4v) is 1.23. The number of hydrogen-bond acceptors (Lipinski definition) is 1. The van der Waals surface area contributed by atoms with Crippen molar-refractivity contribution in [3.05, 3.63) is 35.1 Å². The summed E-state index contributed by atoms with van der Waals surface area (Å²) in [6.07, 6.45) is -4.17. The van der Waals surface area contributed by atoms with E-state index in [9.17, 15) is 17.6 Å². The normalized spacial score (nSPS) is 14.0. The van der Waals surface area contributed by atoms with Gasteiger partial charge in [-0.25, -0.2) is 4.39 Å². The van der Waals surface area contributed by atoms with Crippen LogP contribution in [0.15, 0.2) is 18.2 Å². The number of hydrogen-bond donors (Lipinski definition) is 1. The second-order valence-electron chi connectivity index (χ2n) is 3.25. The third-order valence-corrected chi connectivity index (χ3v) is 2.16. The van der Waals surface area contributed by atoms with Crippen molar-refractivity contribution in [1.29, 1.82) is 0 Å². The Bertz CT molecular complexity index is 346. The van der Waals surface area contributed by atoms with Gasteiger partial charge in [0.1, 0.15) is 5.82 Å². The first kappa shape index (κ1) is 12.0. The second kappa shape index (κ2) is 4.18. The molecule has 0 aliphatic rings. The monoisotopic (exact) mass is 221 g/mol. The molecule has 1 aromatic rings. The van der Waals surface area contributed by atoms with Crippen LogP contribution in [0.4, 0.5) is 17.6 Å².